The first-order chi connectivity index (χ1) is 10.3. The van der Waals surface area contributed by atoms with Crippen LogP contribution in [0.5, 0.6) is 5.75 Å². The minimum atomic E-state index is 0.624. The number of aromatic nitrogens is 2. The summed E-state index contributed by atoms with van der Waals surface area (Å²) in [4.78, 5) is 0. The van der Waals surface area contributed by atoms with E-state index < -0.39 is 0 Å². The Morgan fingerprint density at radius 3 is 2.81 bits per heavy atom. The van der Waals surface area contributed by atoms with Crippen molar-refractivity contribution in [2.24, 2.45) is 0 Å². The fourth-order valence-electron chi connectivity index (χ4n) is 2.23. The van der Waals surface area contributed by atoms with Crippen molar-refractivity contribution in [1.29, 1.82) is 5.26 Å². The molecule has 2 rings (SSSR count). The summed E-state index contributed by atoms with van der Waals surface area (Å²) in [5, 5.41) is 13.4. The maximum absolute atomic E-state index is 8.85. The van der Waals surface area contributed by atoms with Crippen LogP contribution >= 0.6 is 0 Å². The molecule has 1 aromatic heterocycles. The standard InChI is InChI=1S/C17H21N3O/c1-3-15-12-16(4-2)20(19-15)9-6-10-21-17-8-5-7-14(11-17)13-18/h5,7-8,11-12H,3-4,6,9-10H2,1-2H3. The van der Waals surface area contributed by atoms with E-state index in [9.17, 15) is 0 Å². The SMILES string of the molecule is CCc1cc(CC)n(CCCOc2cccc(C#N)c2)n1. The normalized spacial score (nSPS) is 10.3. The lowest BCUT2D eigenvalue weighted by atomic mass is 10.2. The van der Waals surface area contributed by atoms with Crippen LogP contribution in [0.25, 0.3) is 0 Å². The predicted octanol–water partition coefficient (Wildman–Crippen LogP) is 3.35. The summed E-state index contributed by atoms with van der Waals surface area (Å²) in [6.07, 6.45) is 2.87. The summed E-state index contributed by atoms with van der Waals surface area (Å²) < 4.78 is 7.76. The summed E-state index contributed by atoms with van der Waals surface area (Å²) in [6, 6.07) is 11.5. The molecule has 21 heavy (non-hydrogen) atoms. The first kappa shape index (κ1) is 15.1. The van der Waals surface area contributed by atoms with Crippen molar-refractivity contribution in [3.05, 3.63) is 47.3 Å². The number of benzene rings is 1. The van der Waals surface area contributed by atoms with E-state index in [1.54, 1.807) is 12.1 Å². The zero-order valence-electron chi connectivity index (χ0n) is 12.7. The quantitative estimate of drug-likeness (QED) is 0.732. The minimum absolute atomic E-state index is 0.624. The van der Waals surface area contributed by atoms with E-state index in [4.69, 9.17) is 10.00 Å². The Bertz CT molecular complexity index is 625. The van der Waals surface area contributed by atoms with Gasteiger partial charge in [0.2, 0.25) is 0 Å². The number of aryl methyl sites for hydroxylation is 3. The highest BCUT2D eigenvalue weighted by Gasteiger charge is 2.05. The number of nitriles is 1. The van der Waals surface area contributed by atoms with Crippen molar-refractivity contribution >= 4 is 0 Å². The van der Waals surface area contributed by atoms with Crippen LogP contribution in [0.4, 0.5) is 0 Å². The van der Waals surface area contributed by atoms with Crippen LogP contribution in [-0.4, -0.2) is 16.4 Å². The summed E-state index contributed by atoms with van der Waals surface area (Å²) in [6.45, 7) is 5.76. The van der Waals surface area contributed by atoms with Gasteiger partial charge in [-0.2, -0.15) is 10.4 Å². The van der Waals surface area contributed by atoms with Crippen LogP contribution < -0.4 is 4.74 Å². The van der Waals surface area contributed by atoms with Crippen molar-refractivity contribution < 1.29 is 4.74 Å². The van der Waals surface area contributed by atoms with Gasteiger partial charge in [-0.15, -0.1) is 0 Å². The van der Waals surface area contributed by atoms with E-state index in [0.717, 1.165) is 37.3 Å². The molecule has 0 atom stereocenters. The molecule has 0 amide bonds. The smallest absolute Gasteiger partial charge is 0.120 e. The highest BCUT2D eigenvalue weighted by atomic mass is 16.5. The van der Waals surface area contributed by atoms with Gasteiger partial charge in [0, 0.05) is 18.7 Å². The molecule has 0 aliphatic carbocycles. The summed E-state index contributed by atoms with van der Waals surface area (Å²) >= 11 is 0. The molecule has 1 heterocycles. The molecule has 0 saturated carbocycles. The second-order valence-electron chi connectivity index (χ2n) is 4.90. The molecule has 4 heteroatoms. The Labute approximate surface area is 126 Å². The lowest BCUT2D eigenvalue weighted by Crippen LogP contribution is -2.08. The summed E-state index contributed by atoms with van der Waals surface area (Å²) in [5.74, 6) is 0.750. The molecule has 0 aliphatic rings. The zero-order valence-corrected chi connectivity index (χ0v) is 12.7. The third kappa shape index (κ3) is 4.09. The maximum Gasteiger partial charge on any atom is 0.120 e. The maximum atomic E-state index is 8.85. The first-order valence-corrected chi connectivity index (χ1v) is 7.45. The van der Waals surface area contributed by atoms with Gasteiger partial charge in [0.15, 0.2) is 0 Å². The van der Waals surface area contributed by atoms with Crippen LogP contribution in [0.2, 0.25) is 0 Å². The van der Waals surface area contributed by atoms with Gasteiger partial charge in [0.25, 0.3) is 0 Å². The monoisotopic (exact) mass is 283 g/mol. The van der Waals surface area contributed by atoms with E-state index in [0.29, 0.717) is 12.2 Å². The van der Waals surface area contributed by atoms with Crippen LogP contribution in [-0.2, 0) is 19.4 Å². The first-order valence-electron chi connectivity index (χ1n) is 7.45. The highest BCUT2D eigenvalue weighted by molar-refractivity contribution is 5.36. The van der Waals surface area contributed by atoms with E-state index in [1.807, 2.05) is 12.1 Å². The van der Waals surface area contributed by atoms with Crippen molar-refractivity contribution in [2.75, 3.05) is 6.61 Å². The van der Waals surface area contributed by atoms with Crippen molar-refractivity contribution in [3.63, 3.8) is 0 Å². The van der Waals surface area contributed by atoms with Crippen LogP contribution in [0.15, 0.2) is 30.3 Å². The van der Waals surface area contributed by atoms with Crippen molar-refractivity contribution in [3.8, 4) is 11.8 Å². The van der Waals surface area contributed by atoms with Gasteiger partial charge in [-0.3, -0.25) is 4.68 Å². The fourth-order valence-corrected chi connectivity index (χ4v) is 2.23. The van der Waals surface area contributed by atoms with E-state index in [1.165, 1.54) is 5.69 Å². The van der Waals surface area contributed by atoms with Crippen LogP contribution in [0.1, 0.15) is 37.2 Å². The fraction of sp³-hybridized carbons (Fsp3) is 0.412. The number of rotatable bonds is 7. The van der Waals surface area contributed by atoms with Gasteiger partial charge in [0.05, 0.1) is 23.9 Å². The van der Waals surface area contributed by atoms with Gasteiger partial charge in [0.1, 0.15) is 5.75 Å². The molecule has 4 nitrogen and oxygen atoms in total. The second-order valence-corrected chi connectivity index (χ2v) is 4.90. The van der Waals surface area contributed by atoms with Crippen LogP contribution in [0.3, 0.4) is 0 Å². The molecule has 0 bridgehead atoms. The molecule has 2 aromatic rings. The minimum Gasteiger partial charge on any atom is -0.493 e. The molecule has 0 radical (unpaired) electrons. The molecule has 0 N–H and O–H groups in total. The topological polar surface area (TPSA) is 50.8 Å². The largest absolute Gasteiger partial charge is 0.493 e. The zero-order chi connectivity index (χ0) is 15.1. The Kier molecular flexibility index (Phi) is 5.39. The second kappa shape index (κ2) is 7.49. The summed E-state index contributed by atoms with van der Waals surface area (Å²) in [7, 11) is 0. The number of hydrogen-bond donors (Lipinski definition) is 0. The number of nitrogens with zero attached hydrogens (tertiary/aromatic N) is 3. The Hall–Kier alpha value is -2.28. The number of hydrogen-bond acceptors (Lipinski definition) is 3. The molecular formula is C17H21N3O. The third-order valence-electron chi connectivity index (χ3n) is 3.38. The average Bonchev–Trinajstić information content (AvgIpc) is 2.94. The van der Waals surface area contributed by atoms with Crippen molar-refractivity contribution in [1.82, 2.24) is 9.78 Å². The Morgan fingerprint density at radius 2 is 2.10 bits per heavy atom. The molecule has 0 unspecified atom stereocenters. The van der Waals surface area contributed by atoms with Crippen molar-refractivity contribution in [2.45, 2.75) is 39.7 Å². The summed E-state index contributed by atoms with van der Waals surface area (Å²) in [5.41, 5.74) is 3.05. The molecule has 0 spiro atoms. The van der Waals surface area contributed by atoms with Gasteiger partial charge in [-0.05, 0) is 37.1 Å². The molecular weight excluding hydrogens is 262 g/mol. The molecule has 0 fully saturated rings. The van der Waals surface area contributed by atoms with Gasteiger partial charge >= 0.3 is 0 Å². The van der Waals surface area contributed by atoms with Gasteiger partial charge in [-0.1, -0.05) is 19.9 Å². The lowest BCUT2D eigenvalue weighted by molar-refractivity contribution is 0.297. The van der Waals surface area contributed by atoms with Gasteiger partial charge < -0.3 is 4.74 Å². The van der Waals surface area contributed by atoms with E-state index in [-0.39, 0.29) is 0 Å². The lowest BCUT2D eigenvalue weighted by Gasteiger charge is -2.08. The van der Waals surface area contributed by atoms with Gasteiger partial charge in [-0.25, -0.2) is 0 Å². The third-order valence-corrected chi connectivity index (χ3v) is 3.38. The predicted molar refractivity (Wildman–Crippen MR) is 82.3 cm³/mol. The average molecular weight is 283 g/mol. The molecule has 1 aromatic carbocycles. The van der Waals surface area contributed by atoms with E-state index in [2.05, 4.69) is 35.8 Å². The molecule has 0 aliphatic heterocycles. The molecule has 0 saturated heterocycles. The Morgan fingerprint density at radius 1 is 1.24 bits per heavy atom. The van der Waals surface area contributed by atoms with Crippen LogP contribution in [0, 0.1) is 11.3 Å². The highest BCUT2D eigenvalue weighted by Crippen LogP contribution is 2.13. The van der Waals surface area contributed by atoms with E-state index >= 15 is 0 Å². The molecule has 110 valence electrons. The Balaban J connectivity index is 1.84. The number of ether oxygens (including phenoxy) is 1.